The number of nitriles is 1. The van der Waals surface area contributed by atoms with Gasteiger partial charge in [0.1, 0.15) is 0 Å². The van der Waals surface area contributed by atoms with E-state index in [-0.39, 0.29) is 6.42 Å². The molecule has 0 unspecified atom stereocenters. The molecule has 3 amide bonds. The molecule has 0 heterocycles. The van der Waals surface area contributed by atoms with Gasteiger partial charge >= 0.3 is 12.0 Å². The summed E-state index contributed by atoms with van der Waals surface area (Å²) in [5.41, 5.74) is 6.71. The van der Waals surface area contributed by atoms with Gasteiger partial charge in [0.05, 0.1) is 24.1 Å². The lowest BCUT2D eigenvalue weighted by molar-refractivity contribution is -0.153. The molecule has 0 bridgehead atoms. The number of nitrogens with zero attached hydrogens (tertiary/aromatic N) is 1. The molecule has 2 aromatic carbocycles. The van der Waals surface area contributed by atoms with Crippen LogP contribution in [0.3, 0.4) is 0 Å². The summed E-state index contributed by atoms with van der Waals surface area (Å²) < 4.78 is 5.17. The summed E-state index contributed by atoms with van der Waals surface area (Å²) in [5.74, 6) is -1.23. The third-order valence-corrected chi connectivity index (χ3v) is 4.17. The third-order valence-electron chi connectivity index (χ3n) is 3.92. The van der Waals surface area contributed by atoms with E-state index in [9.17, 15) is 14.4 Å². The van der Waals surface area contributed by atoms with Crippen molar-refractivity contribution in [3.63, 3.8) is 0 Å². The highest BCUT2D eigenvalue weighted by molar-refractivity contribution is 6.30. The molecule has 0 radical (unpaired) electrons. The maximum Gasteiger partial charge on any atom is 0.312 e. The lowest BCUT2D eigenvalue weighted by Gasteiger charge is -2.19. The predicted octanol–water partition coefficient (Wildman–Crippen LogP) is 2.88. The van der Waals surface area contributed by atoms with Crippen molar-refractivity contribution in [1.82, 2.24) is 5.32 Å². The minimum atomic E-state index is -1.07. The van der Waals surface area contributed by atoms with Gasteiger partial charge in [-0.25, -0.2) is 4.79 Å². The smallest absolute Gasteiger partial charge is 0.312 e. The van der Waals surface area contributed by atoms with Crippen LogP contribution in [0.25, 0.3) is 0 Å². The Hall–Kier alpha value is -3.57. The molecule has 9 heteroatoms. The number of ether oxygens (including phenoxy) is 1. The number of primary amides is 1. The van der Waals surface area contributed by atoms with Crippen molar-refractivity contribution in [3.05, 3.63) is 64.7 Å². The largest absolute Gasteiger partial charge is 0.452 e. The zero-order valence-electron chi connectivity index (χ0n) is 15.5. The van der Waals surface area contributed by atoms with Gasteiger partial charge in [0.15, 0.2) is 6.10 Å². The highest BCUT2D eigenvalue weighted by atomic mass is 35.5. The van der Waals surface area contributed by atoms with Crippen LogP contribution in [0.2, 0.25) is 5.02 Å². The van der Waals surface area contributed by atoms with Crippen LogP contribution in [0.1, 0.15) is 30.5 Å². The third kappa shape index (κ3) is 6.83. The van der Waals surface area contributed by atoms with Crippen molar-refractivity contribution in [1.29, 1.82) is 5.26 Å². The van der Waals surface area contributed by atoms with E-state index in [1.54, 1.807) is 48.5 Å². The molecule has 0 aromatic heterocycles. The fraction of sp³-hybridized carbons (Fsp3) is 0.200. The molecular formula is C20H19ClN4O4. The number of anilines is 1. The van der Waals surface area contributed by atoms with Gasteiger partial charge in [-0.05, 0) is 48.9 Å². The van der Waals surface area contributed by atoms with Gasteiger partial charge in [-0.15, -0.1) is 0 Å². The zero-order valence-corrected chi connectivity index (χ0v) is 16.3. The highest BCUT2D eigenvalue weighted by Crippen LogP contribution is 2.20. The Balaban J connectivity index is 1.96. The number of nitrogens with two attached hydrogens (primary N) is 1. The van der Waals surface area contributed by atoms with Crippen LogP contribution in [0, 0.1) is 11.3 Å². The van der Waals surface area contributed by atoms with Crippen LogP contribution < -0.4 is 16.4 Å². The molecule has 0 aliphatic heterocycles. The lowest BCUT2D eigenvalue weighted by Crippen LogP contribution is -2.36. The lowest BCUT2D eigenvalue weighted by atomic mass is 10.0. The second-order valence-electron chi connectivity index (χ2n) is 6.13. The number of halogens is 1. The van der Waals surface area contributed by atoms with Crippen LogP contribution in [0.15, 0.2) is 48.5 Å². The number of benzene rings is 2. The maximum atomic E-state index is 12.3. The van der Waals surface area contributed by atoms with E-state index in [0.29, 0.717) is 21.8 Å². The molecule has 150 valence electrons. The molecular weight excluding hydrogens is 396 g/mol. The van der Waals surface area contributed by atoms with E-state index in [1.165, 1.54) is 6.92 Å². The standard InChI is InChI=1S/C20H19ClN4O4/c1-12(19(27)24-16-8-2-13(11-22)3-9-16)29-18(26)10-17(25-20(23)28)14-4-6-15(21)7-5-14/h2-9,12,17H,10H2,1H3,(H,24,27)(H3,23,25,28)/t12-,17-/m1/s1. The van der Waals surface area contributed by atoms with E-state index in [1.807, 2.05) is 6.07 Å². The first kappa shape index (κ1) is 21.7. The summed E-state index contributed by atoms with van der Waals surface area (Å²) >= 11 is 5.85. The minimum absolute atomic E-state index is 0.223. The van der Waals surface area contributed by atoms with Crippen molar-refractivity contribution in [2.24, 2.45) is 5.73 Å². The number of nitrogens with one attached hydrogen (secondary N) is 2. The van der Waals surface area contributed by atoms with E-state index in [0.717, 1.165) is 0 Å². The Labute approximate surface area is 172 Å². The minimum Gasteiger partial charge on any atom is -0.452 e. The first-order valence-corrected chi connectivity index (χ1v) is 8.98. The van der Waals surface area contributed by atoms with E-state index in [4.69, 9.17) is 27.3 Å². The number of carbonyl (C=O) groups is 3. The summed E-state index contributed by atoms with van der Waals surface area (Å²) in [6.07, 6.45) is -1.29. The Morgan fingerprint density at radius 3 is 2.31 bits per heavy atom. The van der Waals surface area contributed by atoms with Crippen LogP contribution in [0.4, 0.5) is 10.5 Å². The number of urea groups is 1. The maximum absolute atomic E-state index is 12.3. The normalized spacial score (nSPS) is 12.2. The highest BCUT2D eigenvalue weighted by Gasteiger charge is 2.23. The van der Waals surface area contributed by atoms with Gasteiger partial charge in [-0.3, -0.25) is 9.59 Å². The van der Waals surface area contributed by atoms with Gasteiger partial charge < -0.3 is 21.1 Å². The van der Waals surface area contributed by atoms with Crippen LogP contribution in [-0.2, 0) is 14.3 Å². The molecule has 2 aromatic rings. The summed E-state index contributed by atoms with van der Waals surface area (Å²) in [4.78, 5) is 35.7. The molecule has 29 heavy (non-hydrogen) atoms. The summed E-state index contributed by atoms with van der Waals surface area (Å²) in [5, 5.41) is 14.3. The second kappa shape index (κ2) is 10.1. The van der Waals surface area contributed by atoms with Gasteiger partial charge in [0, 0.05) is 10.7 Å². The van der Waals surface area contributed by atoms with E-state index >= 15 is 0 Å². The number of esters is 1. The van der Waals surface area contributed by atoms with Crippen molar-refractivity contribution in [2.45, 2.75) is 25.5 Å². The molecule has 0 saturated carbocycles. The average Bonchev–Trinajstić information content (AvgIpc) is 2.68. The summed E-state index contributed by atoms with van der Waals surface area (Å²) in [6.45, 7) is 1.43. The summed E-state index contributed by atoms with van der Waals surface area (Å²) in [7, 11) is 0. The fourth-order valence-electron chi connectivity index (χ4n) is 2.46. The molecule has 0 spiro atoms. The van der Waals surface area contributed by atoms with Crippen molar-refractivity contribution in [2.75, 3.05) is 5.32 Å². The van der Waals surface area contributed by atoms with Crippen LogP contribution >= 0.6 is 11.6 Å². The Morgan fingerprint density at radius 2 is 1.76 bits per heavy atom. The molecule has 8 nitrogen and oxygen atoms in total. The molecule has 2 atom stereocenters. The van der Waals surface area contributed by atoms with Gasteiger partial charge in [-0.1, -0.05) is 23.7 Å². The first-order valence-electron chi connectivity index (χ1n) is 8.60. The number of hydrogen-bond acceptors (Lipinski definition) is 5. The van der Waals surface area contributed by atoms with Crippen molar-refractivity contribution >= 4 is 35.2 Å². The molecule has 0 aliphatic carbocycles. The summed E-state index contributed by atoms with van der Waals surface area (Å²) in [6, 6.07) is 13.2. The SMILES string of the molecule is C[C@@H](OC(=O)C[C@@H](NC(N)=O)c1ccc(Cl)cc1)C(=O)Nc1ccc(C#N)cc1. The monoisotopic (exact) mass is 414 g/mol. The predicted molar refractivity (Wildman–Crippen MR) is 107 cm³/mol. The number of hydrogen-bond donors (Lipinski definition) is 3. The quantitative estimate of drug-likeness (QED) is 0.599. The molecule has 0 aliphatic rings. The van der Waals surface area contributed by atoms with E-state index in [2.05, 4.69) is 10.6 Å². The zero-order chi connectivity index (χ0) is 21.4. The molecule has 0 fully saturated rings. The van der Waals surface area contributed by atoms with Crippen molar-refractivity contribution in [3.8, 4) is 6.07 Å². The topological polar surface area (TPSA) is 134 Å². The van der Waals surface area contributed by atoms with Crippen molar-refractivity contribution < 1.29 is 19.1 Å². The van der Waals surface area contributed by atoms with E-state index < -0.39 is 30.1 Å². The molecule has 4 N–H and O–H groups in total. The van der Waals surface area contributed by atoms with Crippen LogP contribution in [0.5, 0.6) is 0 Å². The molecule has 2 rings (SSSR count). The Morgan fingerprint density at radius 1 is 1.14 bits per heavy atom. The molecule has 0 saturated heterocycles. The second-order valence-corrected chi connectivity index (χ2v) is 6.56. The van der Waals surface area contributed by atoms with Gasteiger partial charge in [0.2, 0.25) is 0 Å². The van der Waals surface area contributed by atoms with Gasteiger partial charge in [-0.2, -0.15) is 5.26 Å². The first-order chi connectivity index (χ1) is 13.8. The van der Waals surface area contributed by atoms with Crippen LogP contribution in [-0.4, -0.2) is 24.0 Å². The number of amides is 3. The average molecular weight is 415 g/mol. The fourth-order valence-corrected chi connectivity index (χ4v) is 2.58. The Kier molecular flexibility index (Phi) is 7.57. The van der Waals surface area contributed by atoms with Gasteiger partial charge in [0.25, 0.3) is 5.91 Å². The Bertz CT molecular complexity index is 923. The number of rotatable bonds is 7. The number of carbonyl (C=O) groups excluding carboxylic acids is 3.